The molecule has 2 rings (SSSR count). The Kier molecular flexibility index (Phi) is 7.12. The van der Waals surface area contributed by atoms with Crippen LogP contribution in [0.5, 0.6) is 11.5 Å². The molecule has 124 valence electrons. The summed E-state index contributed by atoms with van der Waals surface area (Å²) in [5.41, 5.74) is 6.55. The normalized spacial score (nSPS) is 10.7. The lowest BCUT2D eigenvalue weighted by atomic mass is 10.1. The van der Waals surface area contributed by atoms with Crippen molar-refractivity contribution in [2.45, 2.75) is 6.42 Å². The first-order valence-corrected chi connectivity index (χ1v) is 8.41. The molecule has 0 bridgehead atoms. The van der Waals surface area contributed by atoms with Crippen molar-refractivity contribution in [1.82, 2.24) is 0 Å². The second kappa shape index (κ2) is 8.86. The highest BCUT2D eigenvalue weighted by molar-refractivity contribution is 6.40. The van der Waals surface area contributed by atoms with Gasteiger partial charge in [0, 0.05) is 10.0 Å². The average Bonchev–Trinajstić information content (AvgIpc) is 2.47. The fourth-order valence-corrected chi connectivity index (χ4v) is 3.12. The van der Waals surface area contributed by atoms with Crippen LogP contribution in [0.3, 0.4) is 0 Å². The molecule has 23 heavy (non-hydrogen) atoms. The van der Waals surface area contributed by atoms with Crippen molar-refractivity contribution < 1.29 is 9.47 Å². The zero-order valence-electron chi connectivity index (χ0n) is 12.1. The number of benzene rings is 2. The third-order valence-corrected chi connectivity index (χ3v) is 4.00. The quantitative estimate of drug-likeness (QED) is 0.651. The molecule has 7 heteroatoms. The number of ether oxygens (including phenoxy) is 2. The second-order valence-electron chi connectivity index (χ2n) is 4.69. The van der Waals surface area contributed by atoms with Gasteiger partial charge in [-0.05, 0) is 48.9 Å². The van der Waals surface area contributed by atoms with Crippen LogP contribution < -0.4 is 15.2 Å². The Morgan fingerprint density at radius 1 is 0.826 bits per heavy atom. The number of nitrogens with two attached hydrogens (primary N) is 1. The third kappa shape index (κ3) is 5.33. The van der Waals surface area contributed by atoms with Crippen LogP contribution in [-0.4, -0.2) is 19.8 Å². The van der Waals surface area contributed by atoms with Crippen LogP contribution >= 0.6 is 46.4 Å². The lowest BCUT2D eigenvalue weighted by molar-refractivity contribution is 0.216. The summed E-state index contributed by atoms with van der Waals surface area (Å²) >= 11 is 23.9. The maximum Gasteiger partial charge on any atom is 0.156 e. The molecular formula is C16H15Cl4NO2. The molecule has 0 unspecified atom stereocenters. The Labute approximate surface area is 155 Å². The van der Waals surface area contributed by atoms with Gasteiger partial charge in [-0.3, -0.25) is 0 Å². The molecular weight excluding hydrogens is 380 g/mol. The van der Waals surface area contributed by atoms with Crippen LogP contribution in [-0.2, 0) is 6.42 Å². The van der Waals surface area contributed by atoms with E-state index in [0.29, 0.717) is 45.4 Å². The molecule has 2 aromatic rings. The van der Waals surface area contributed by atoms with E-state index in [1.165, 1.54) is 0 Å². The molecule has 0 aromatic heterocycles. The van der Waals surface area contributed by atoms with E-state index in [1.807, 2.05) is 12.1 Å². The molecule has 0 aliphatic carbocycles. The molecule has 0 amide bonds. The van der Waals surface area contributed by atoms with Gasteiger partial charge in [0.2, 0.25) is 0 Å². The molecule has 0 saturated carbocycles. The first-order valence-electron chi connectivity index (χ1n) is 6.90. The van der Waals surface area contributed by atoms with Gasteiger partial charge in [-0.15, -0.1) is 0 Å². The van der Waals surface area contributed by atoms with E-state index in [9.17, 15) is 0 Å². The van der Waals surface area contributed by atoms with Gasteiger partial charge < -0.3 is 15.2 Å². The van der Waals surface area contributed by atoms with Gasteiger partial charge >= 0.3 is 0 Å². The van der Waals surface area contributed by atoms with E-state index in [-0.39, 0.29) is 6.61 Å². The Morgan fingerprint density at radius 2 is 1.48 bits per heavy atom. The molecule has 0 atom stereocenters. The summed E-state index contributed by atoms with van der Waals surface area (Å²) in [5, 5.41) is 1.82. The molecule has 3 nitrogen and oxygen atoms in total. The summed E-state index contributed by atoms with van der Waals surface area (Å²) in [6.07, 6.45) is 0.686. The highest BCUT2D eigenvalue weighted by Gasteiger charge is 2.10. The standard InChI is InChI=1S/C16H15Cl4NO2/c17-11-1-2-15(10(7-11)3-4-21)22-5-6-23-16-13(19)8-12(18)9-14(16)20/h1-2,7-9H,3-6,21H2. The molecule has 0 saturated heterocycles. The van der Waals surface area contributed by atoms with Gasteiger partial charge in [-0.25, -0.2) is 0 Å². The SMILES string of the molecule is NCCc1cc(Cl)ccc1OCCOc1c(Cl)cc(Cl)cc1Cl. The van der Waals surface area contributed by atoms with Crippen molar-refractivity contribution in [2.24, 2.45) is 5.73 Å². The second-order valence-corrected chi connectivity index (χ2v) is 6.37. The Bertz CT molecular complexity index is 656. The maximum atomic E-state index is 6.05. The molecule has 0 fully saturated rings. The van der Waals surface area contributed by atoms with Crippen LogP contribution in [0.4, 0.5) is 0 Å². The van der Waals surface area contributed by atoms with E-state index in [1.54, 1.807) is 18.2 Å². The lowest BCUT2D eigenvalue weighted by Crippen LogP contribution is -2.11. The van der Waals surface area contributed by atoms with Gasteiger partial charge in [0.1, 0.15) is 19.0 Å². The Hall–Kier alpha value is -0.840. The summed E-state index contributed by atoms with van der Waals surface area (Å²) in [7, 11) is 0. The van der Waals surface area contributed by atoms with E-state index >= 15 is 0 Å². The van der Waals surface area contributed by atoms with Gasteiger partial charge in [0.25, 0.3) is 0 Å². The van der Waals surface area contributed by atoms with Crippen molar-refractivity contribution in [3.05, 3.63) is 56.0 Å². The van der Waals surface area contributed by atoms with Crippen molar-refractivity contribution >= 4 is 46.4 Å². The van der Waals surface area contributed by atoms with E-state index in [2.05, 4.69) is 0 Å². The Balaban J connectivity index is 1.94. The minimum absolute atomic E-state index is 0.283. The summed E-state index contributed by atoms with van der Waals surface area (Å²) in [4.78, 5) is 0. The molecule has 0 aliphatic rings. The van der Waals surface area contributed by atoms with Gasteiger partial charge in [0.15, 0.2) is 5.75 Å². The summed E-state index contributed by atoms with van der Waals surface area (Å²) in [6, 6.07) is 8.57. The van der Waals surface area contributed by atoms with Crippen LogP contribution in [0, 0.1) is 0 Å². The first-order chi connectivity index (χ1) is 11.0. The molecule has 2 aromatic carbocycles. The van der Waals surface area contributed by atoms with Gasteiger partial charge in [-0.2, -0.15) is 0 Å². The van der Waals surface area contributed by atoms with E-state index in [4.69, 9.17) is 61.6 Å². The van der Waals surface area contributed by atoms with Crippen molar-refractivity contribution in [2.75, 3.05) is 19.8 Å². The van der Waals surface area contributed by atoms with Gasteiger partial charge in [0.05, 0.1) is 10.0 Å². The van der Waals surface area contributed by atoms with E-state index in [0.717, 1.165) is 11.3 Å². The summed E-state index contributed by atoms with van der Waals surface area (Å²) in [5.74, 6) is 1.12. The average molecular weight is 395 g/mol. The van der Waals surface area contributed by atoms with E-state index < -0.39 is 0 Å². The number of hydrogen-bond donors (Lipinski definition) is 1. The smallest absolute Gasteiger partial charge is 0.156 e. The largest absolute Gasteiger partial charge is 0.490 e. The number of halogens is 4. The minimum Gasteiger partial charge on any atom is -0.490 e. The monoisotopic (exact) mass is 393 g/mol. The molecule has 0 spiro atoms. The third-order valence-electron chi connectivity index (χ3n) is 2.99. The zero-order valence-corrected chi connectivity index (χ0v) is 15.1. The van der Waals surface area contributed by atoms with Crippen LogP contribution in [0.2, 0.25) is 20.1 Å². The van der Waals surface area contributed by atoms with Crippen molar-refractivity contribution in [3.8, 4) is 11.5 Å². The fourth-order valence-electron chi connectivity index (χ4n) is 2.00. The van der Waals surface area contributed by atoms with Crippen molar-refractivity contribution in [3.63, 3.8) is 0 Å². The number of hydrogen-bond acceptors (Lipinski definition) is 3. The van der Waals surface area contributed by atoms with Crippen LogP contribution in [0.15, 0.2) is 30.3 Å². The first kappa shape index (κ1) is 18.5. The molecule has 0 heterocycles. The topological polar surface area (TPSA) is 44.5 Å². The lowest BCUT2D eigenvalue weighted by Gasteiger charge is -2.13. The minimum atomic E-state index is 0.283. The zero-order chi connectivity index (χ0) is 16.8. The maximum absolute atomic E-state index is 6.05. The highest BCUT2D eigenvalue weighted by Crippen LogP contribution is 2.35. The van der Waals surface area contributed by atoms with Crippen molar-refractivity contribution in [1.29, 1.82) is 0 Å². The Morgan fingerprint density at radius 3 is 2.13 bits per heavy atom. The summed E-state index contributed by atoms with van der Waals surface area (Å²) in [6.45, 7) is 1.13. The molecule has 0 aliphatic heterocycles. The molecule has 0 radical (unpaired) electrons. The van der Waals surface area contributed by atoms with Gasteiger partial charge in [-0.1, -0.05) is 46.4 Å². The van der Waals surface area contributed by atoms with Crippen LogP contribution in [0.25, 0.3) is 0 Å². The predicted molar refractivity (Wildman–Crippen MR) is 96.7 cm³/mol. The molecule has 2 N–H and O–H groups in total. The number of rotatable bonds is 7. The summed E-state index contributed by atoms with van der Waals surface area (Å²) < 4.78 is 11.3. The predicted octanol–water partition coefficient (Wildman–Crippen LogP) is 5.26. The van der Waals surface area contributed by atoms with Crippen LogP contribution in [0.1, 0.15) is 5.56 Å². The fraction of sp³-hybridized carbons (Fsp3) is 0.250. The highest BCUT2D eigenvalue weighted by atomic mass is 35.5.